The van der Waals surface area contributed by atoms with Gasteiger partial charge in [-0.1, -0.05) is 13.8 Å². The van der Waals surface area contributed by atoms with E-state index in [1.54, 1.807) is 11.3 Å². The number of hydrogen-bond acceptors (Lipinski definition) is 6. The lowest BCUT2D eigenvalue weighted by Crippen LogP contribution is -2.43. The molecule has 1 aromatic carbocycles. The van der Waals surface area contributed by atoms with Gasteiger partial charge in [-0.25, -0.2) is 4.98 Å². The maximum atomic E-state index is 5.51. The molecule has 26 heavy (non-hydrogen) atoms. The van der Waals surface area contributed by atoms with E-state index in [2.05, 4.69) is 48.2 Å². The molecule has 4 rings (SSSR count). The van der Waals surface area contributed by atoms with Crippen LogP contribution in [0.25, 0.3) is 0 Å². The number of hydrogen-bond donors (Lipinski definition) is 0. The van der Waals surface area contributed by atoms with Crippen molar-refractivity contribution in [2.24, 2.45) is 0 Å². The molecule has 140 valence electrons. The lowest BCUT2D eigenvalue weighted by atomic mass is 10.0. The van der Waals surface area contributed by atoms with Crippen molar-refractivity contribution in [3.8, 4) is 11.5 Å². The van der Waals surface area contributed by atoms with Gasteiger partial charge in [0, 0.05) is 48.7 Å². The van der Waals surface area contributed by atoms with Gasteiger partial charge in [0.2, 0.25) is 6.79 Å². The summed E-state index contributed by atoms with van der Waals surface area (Å²) < 4.78 is 10.9. The SMILES string of the molecule is CC(C)c1nc(CN(C)C2CCN(c3ccc4c(c3)OCO4)CC2)cs1. The van der Waals surface area contributed by atoms with Gasteiger partial charge in [0.1, 0.15) is 0 Å². The fourth-order valence-electron chi connectivity index (χ4n) is 3.69. The topological polar surface area (TPSA) is 37.8 Å². The monoisotopic (exact) mass is 373 g/mol. The zero-order valence-corrected chi connectivity index (χ0v) is 16.6. The summed E-state index contributed by atoms with van der Waals surface area (Å²) >= 11 is 1.79. The molecule has 2 aromatic rings. The maximum absolute atomic E-state index is 5.51. The van der Waals surface area contributed by atoms with Gasteiger partial charge < -0.3 is 14.4 Å². The minimum Gasteiger partial charge on any atom is -0.454 e. The molecule has 0 bridgehead atoms. The third-order valence-corrected chi connectivity index (χ3v) is 6.48. The Morgan fingerprint density at radius 1 is 1.23 bits per heavy atom. The summed E-state index contributed by atoms with van der Waals surface area (Å²) in [5.41, 5.74) is 2.44. The average Bonchev–Trinajstić information content (AvgIpc) is 3.30. The highest BCUT2D eigenvalue weighted by molar-refractivity contribution is 7.09. The van der Waals surface area contributed by atoms with Gasteiger partial charge in [0.15, 0.2) is 11.5 Å². The summed E-state index contributed by atoms with van der Waals surface area (Å²) in [5, 5.41) is 3.46. The van der Waals surface area contributed by atoms with E-state index in [0.717, 1.165) is 31.1 Å². The molecule has 0 aliphatic carbocycles. The van der Waals surface area contributed by atoms with Crippen LogP contribution in [0.5, 0.6) is 11.5 Å². The number of thiazole rings is 1. The van der Waals surface area contributed by atoms with Crippen LogP contribution in [0.15, 0.2) is 23.6 Å². The first kappa shape index (κ1) is 17.6. The van der Waals surface area contributed by atoms with E-state index in [1.165, 1.54) is 29.2 Å². The van der Waals surface area contributed by atoms with Crippen molar-refractivity contribution in [2.75, 3.05) is 31.8 Å². The van der Waals surface area contributed by atoms with Gasteiger partial charge in [-0.15, -0.1) is 11.3 Å². The molecule has 0 spiro atoms. The standard InChI is InChI=1S/C20H27N3O2S/c1-14(2)20-21-15(12-26-20)11-22(3)16-6-8-23(9-7-16)17-4-5-18-19(10-17)25-13-24-18/h4-5,10,12,14,16H,6-9,11,13H2,1-3H3. The van der Waals surface area contributed by atoms with E-state index >= 15 is 0 Å². The Kier molecular flexibility index (Phi) is 5.05. The van der Waals surface area contributed by atoms with Gasteiger partial charge in [-0.2, -0.15) is 0 Å². The molecule has 0 unspecified atom stereocenters. The Morgan fingerprint density at radius 2 is 2.00 bits per heavy atom. The highest BCUT2D eigenvalue weighted by atomic mass is 32.1. The van der Waals surface area contributed by atoms with Crippen LogP contribution in [0.2, 0.25) is 0 Å². The number of fused-ring (bicyclic) bond motifs is 1. The van der Waals surface area contributed by atoms with Gasteiger partial charge in [0.25, 0.3) is 0 Å². The van der Waals surface area contributed by atoms with E-state index in [1.807, 2.05) is 6.07 Å². The van der Waals surface area contributed by atoms with E-state index in [0.29, 0.717) is 18.8 Å². The lowest BCUT2D eigenvalue weighted by molar-refractivity contribution is 0.174. The lowest BCUT2D eigenvalue weighted by Gasteiger charge is -2.37. The second kappa shape index (κ2) is 7.45. The molecule has 0 amide bonds. The number of ether oxygens (including phenoxy) is 2. The molecule has 0 atom stereocenters. The second-order valence-corrected chi connectivity index (χ2v) is 8.39. The maximum Gasteiger partial charge on any atom is 0.231 e. The Balaban J connectivity index is 1.32. The van der Waals surface area contributed by atoms with Gasteiger partial charge in [0.05, 0.1) is 10.7 Å². The van der Waals surface area contributed by atoms with Crippen LogP contribution in [-0.4, -0.2) is 42.9 Å². The molecule has 0 radical (unpaired) electrons. The average molecular weight is 374 g/mol. The van der Waals surface area contributed by atoms with Crippen LogP contribution in [-0.2, 0) is 6.54 Å². The van der Waals surface area contributed by atoms with Crippen LogP contribution in [0.3, 0.4) is 0 Å². The number of benzene rings is 1. The molecule has 2 aliphatic heterocycles. The fourth-order valence-corrected chi connectivity index (χ4v) is 4.52. The third-order valence-electron chi connectivity index (χ3n) is 5.28. The highest BCUT2D eigenvalue weighted by Gasteiger charge is 2.24. The predicted molar refractivity (Wildman–Crippen MR) is 105 cm³/mol. The molecule has 0 saturated carbocycles. The van der Waals surface area contributed by atoms with Crippen molar-refractivity contribution in [3.63, 3.8) is 0 Å². The van der Waals surface area contributed by atoms with Crippen LogP contribution in [0, 0.1) is 0 Å². The Bertz CT molecular complexity index is 753. The number of rotatable bonds is 5. The highest BCUT2D eigenvalue weighted by Crippen LogP contribution is 2.36. The summed E-state index contributed by atoms with van der Waals surface area (Å²) in [6, 6.07) is 6.88. The van der Waals surface area contributed by atoms with Crippen molar-refractivity contribution < 1.29 is 9.47 Å². The van der Waals surface area contributed by atoms with Gasteiger partial charge >= 0.3 is 0 Å². The number of nitrogens with zero attached hydrogens (tertiary/aromatic N) is 3. The summed E-state index contributed by atoms with van der Waals surface area (Å²) in [6.45, 7) is 7.83. The Morgan fingerprint density at radius 3 is 2.73 bits per heavy atom. The minimum atomic E-state index is 0.334. The molecule has 0 N–H and O–H groups in total. The van der Waals surface area contributed by atoms with E-state index in [-0.39, 0.29) is 0 Å². The number of piperidine rings is 1. The summed E-state index contributed by atoms with van der Waals surface area (Å²) in [7, 11) is 2.23. The van der Waals surface area contributed by atoms with Gasteiger partial charge in [-0.05, 0) is 32.0 Å². The van der Waals surface area contributed by atoms with E-state index in [4.69, 9.17) is 14.5 Å². The van der Waals surface area contributed by atoms with Crippen LogP contribution < -0.4 is 14.4 Å². The zero-order valence-electron chi connectivity index (χ0n) is 15.8. The molecule has 1 fully saturated rings. The predicted octanol–water partition coefficient (Wildman–Crippen LogP) is 4.10. The van der Waals surface area contributed by atoms with Crippen molar-refractivity contribution in [1.82, 2.24) is 9.88 Å². The molecule has 1 saturated heterocycles. The number of aromatic nitrogens is 1. The molecule has 6 heteroatoms. The van der Waals surface area contributed by atoms with Crippen LogP contribution in [0.4, 0.5) is 5.69 Å². The minimum absolute atomic E-state index is 0.334. The molecule has 1 aromatic heterocycles. The smallest absolute Gasteiger partial charge is 0.231 e. The van der Waals surface area contributed by atoms with Crippen molar-refractivity contribution >= 4 is 17.0 Å². The fraction of sp³-hybridized carbons (Fsp3) is 0.550. The van der Waals surface area contributed by atoms with Crippen molar-refractivity contribution in [1.29, 1.82) is 0 Å². The van der Waals surface area contributed by atoms with E-state index < -0.39 is 0 Å². The van der Waals surface area contributed by atoms with Crippen LogP contribution in [0.1, 0.15) is 43.3 Å². The zero-order chi connectivity index (χ0) is 18.1. The van der Waals surface area contributed by atoms with Crippen LogP contribution >= 0.6 is 11.3 Å². The molecule has 5 nitrogen and oxygen atoms in total. The third kappa shape index (κ3) is 3.67. The molecular weight excluding hydrogens is 346 g/mol. The molecule has 2 aliphatic rings. The number of anilines is 1. The largest absolute Gasteiger partial charge is 0.454 e. The van der Waals surface area contributed by atoms with Crippen molar-refractivity contribution in [2.45, 2.75) is 45.2 Å². The normalized spacial score (nSPS) is 17.5. The first-order chi connectivity index (χ1) is 12.6. The summed E-state index contributed by atoms with van der Waals surface area (Å²) in [5.74, 6) is 2.24. The molecular formula is C20H27N3O2S. The summed E-state index contributed by atoms with van der Waals surface area (Å²) in [6.07, 6.45) is 2.35. The quantitative estimate of drug-likeness (QED) is 0.789. The summed E-state index contributed by atoms with van der Waals surface area (Å²) in [4.78, 5) is 9.70. The Hall–Kier alpha value is -1.79. The Labute approximate surface area is 159 Å². The molecule has 3 heterocycles. The second-order valence-electron chi connectivity index (χ2n) is 7.50. The first-order valence-corrected chi connectivity index (χ1v) is 10.3. The van der Waals surface area contributed by atoms with Gasteiger partial charge in [-0.3, -0.25) is 4.90 Å². The first-order valence-electron chi connectivity index (χ1n) is 9.39. The van der Waals surface area contributed by atoms with Crippen molar-refractivity contribution in [3.05, 3.63) is 34.3 Å². The van der Waals surface area contributed by atoms with E-state index in [9.17, 15) is 0 Å².